The molecular formula is C23H17F2N7O2. The first-order valence-electron chi connectivity index (χ1n) is 9.88. The van der Waals surface area contributed by atoms with E-state index in [1.165, 1.54) is 42.7 Å². The van der Waals surface area contributed by atoms with Crippen LogP contribution >= 0.6 is 0 Å². The number of hydrogen-bond acceptors (Lipinski definition) is 7. The second-order valence-corrected chi connectivity index (χ2v) is 6.94. The van der Waals surface area contributed by atoms with Crippen molar-refractivity contribution >= 4 is 34.9 Å². The zero-order valence-electron chi connectivity index (χ0n) is 17.5. The smallest absolute Gasteiger partial charge is 0.268 e. The summed E-state index contributed by atoms with van der Waals surface area (Å²) in [4.78, 5) is 7.81. The highest BCUT2D eigenvalue weighted by atomic mass is 19.1. The number of hydrogen-bond donors (Lipinski definition) is 4. The first-order chi connectivity index (χ1) is 16.4. The molecule has 1 aliphatic heterocycles. The average molecular weight is 461 g/mol. The zero-order valence-corrected chi connectivity index (χ0v) is 17.5. The van der Waals surface area contributed by atoms with Gasteiger partial charge in [0, 0.05) is 23.7 Å². The van der Waals surface area contributed by atoms with Gasteiger partial charge < -0.3 is 14.6 Å². The van der Waals surface area contributed by atoms with E-state index in [0.29, 0.717) is 22.5 Å². The molecule has 1 aliphatic rings. The van der Waals surface area contributed by atoms with Gasteiger partial charge in [-0.25, -0.2) is 8.78 Å². The van der Waals surface area contributed by atoms with Crippen molar-refractivity contribution in [3.8, 4) is 0 Å². The van der Waals surface area contributed by atoms with Gasteiger partial charge >= 0.3 is 0 Å². The van der Waals surface area contributed by atoms with Crippen LogP contribution in [0.15, 0.2) is 81.4 Å². The fourth-order valence-corrected chi connectivity index (χ4v) is 2.88. The summed E-state index contributed by atoms with van der Waals surface area (Å²) in [6.07, 6.45) is 2.62. The SMILES string of the molecule is N=C(/C=C(\NCc1ccccc1F)c1ccon1)C(=N)/N=C1/OC(c2ccc(F)cc2)=NC1=N. The lowest BCUT2D eigenvalue weighted by Crippen LogP contribution is -2.18. The highest BCUT2D eigenvalue weighted by Gasteiger charge is 2.24. The predicted octanol–water partition coefficient (Wildman–Crippen LogP) is 3.93. The highest BCUT2D eigenvalue weighted by Crippen LogP contribution is 2.14. The van der Waals surface area contributed by atoms with E-state index in [-0.39, 0.29) is 29.9 Å². The van der Waals surface area contributed by atoms with Crippen molar-refractivity contribution in [1.29, 1.82) is 16.2 Å². The second kappa shape index (κ2) is 9.77. The third-order valence-electron chi connectivity index (χ3n) is 4.60. The summed E-state index contributed by atoms with van der Waals surface area (Å²) in [7, 11) is 0. The molecule has 0 unspecified atom stereocenters. The third-order valence-corrected chi connectivity index (χ3v) is 4.60. The van der Waals surface area contributed by atoms with Crippen molar-refractivity contribution in [2.45, 2.75) is 6.54 Å². The number of aromatic nitrogens is 1. The Bertz CT molecular complexity index is 1340. The van der Waals surface area contributed by atoms with Crippen molar-refractivity contribution in [1.82, 2.24) is 10.5 Å². The van der Waals surface area contributed by atoms with E-state index in [1.807, 2.05) is 0 Å². The lowest BCUT2D eigenvalue weighted by atomic mass is 10.2. The number of nitrogens with one attached hydrogen (secondary N) is 4. The summed E-state index contributed by atoms with van der Waals surface area (Å²) >= 11 is 0. The first-order valence-corrected chi connectivity index (χ1v) is 9.88. The molecule has 0 saturated heterocycles. The van der Waals surface area contributed by atoms with Crippen LogP contribution < -0.4 is 5.32 Å². The van der Waals surface area contributed by atoms with Crippen LogP contribution in [0.5, 0.6) is 0 Å². The van der Waals surface area contributed by atoms with Crippen molar-refractivity contribution in [2.75, 3.05) is 0 Å². The first kappa shape index (κ1) is 22.4. The van der Waals surface area contributed by atoms with Crippen molar-refractivity contribution in [2.24, 2.45) is 9.98 Å². The van der Waals surface area contributed by atoms with Gasteiger partial charge in [0.25, 0.3) is 5.90 Å². The molecular weight excluding hydrogens is 444 g/mol. The van der Waals surface area contributed by atoms with E-state index in [9.17, 15) is 8.78 Å². The molecule has 0 fully saturated rings. The standard InChI is InChI=1S/C23H17F2N7O2/c24-15-7-5-13(6-8-15)22-31-21(28)23(34-22)30-20(27)17(26)11-19(18-9-10-33-32-18)29-12-14-3-1-2-4-16(14)25/h1-11,26-29H,12H2/b19-11-,26-17?,27-20?,28-21?,30-23+. The number of ether oxygens (including phenoxy) is 1. The van der Waals surface area contributed by atoms with Crippen LogP contribution in [0.1, 0.15) is 16.8 Å². The molecule has 11 heteroatoms. The number of benzene rings is 2. The van der Waals surface area contributed by atoms with Gasteiger partial charge in [-0.3, -0.25) is 16.2 Å². The van der Waals surface area contributed by atoms with Gasteiger partial charge in [0.1, 0.15) is 29.3 Å². The van der Waals surface area contributed by atoms with Crippen LogP contribution in [-0.4, -0.2) is 34.3 Å². The molecule has 2 heterocycles. The van der Waals surface area contributed by atoms with E-state index in [4.69, 9.17) is 25.5 Å². The van der Waals surface area contributed by atoms with Crippen LogP contribution in [0.25, 0.3) is 5.70 Å². The minimum absolute atomic E-state index is 0.0356. The Balaban J connectivity index is 1.49. The summed E-state index contributed by atoms with van der Waals surface area (Å²) in [5, 5.41) is 31.1. The molecule has 0 aliphatic carbocycles. The molecule has 2 aromatic carbocycles. The Labute approximate surface area is 192 Å². The van der Waals surface area contributed by atoms with Crippen molar-refractivity contribution in [3.63, 3.8) is 0 Å². The average Bonchev–Trinajstić information content (AvgIpc) is 3.48. The number of aliphatic imine (C=N–C) groups is 2. The molecule has 0 amide bonds. The molecule has 0 radical (unpaired) electrons. The molecule has 170 valence electrons. The molecule has 0 spiro atoms. The Morgan fingerprint density at radius 1 is 1.06 bits per heavy atom. The quantitative estimate of drug-likeness (QED) is 0.312. The maximum absolute atomic E-state index is 14.0. The van der Waals surface area contributed by atoms with Gasteiger partial charge in [0.2, 0.25) is 11.7 Å². The zero-order chi connectivity index (χ0) is 24.1. The number of halogens is 2. The summed E-state index contributed by atoms with van der Waals surface area (Å²) in [6, 6.07) is 13.1. The number of rotatable bonds is 7. The predicted molar refractivity (Wildman–Crippen MR) is 122 cm³/mol. The molecule has 4 N–H and O–H groups in total. The molecule has 9 nitrogen and oxygen atoms in total. The lowest BCUT2D eigenvalue weighted by Gasteiger charge is -2.10. The van der Waals surface area contributed by atoms with E-state index in [1.54, 1.807) is 24.3 Å². The number of nitrogens with zero attached hydrogens (tertiary/aromatic N) is 3. The monoisotopic (exact) mass is 461 g/mol. The Hall–Kier alpha value is -4.80. The molecule has 1 aromatic heterocycles. The van der Waals surface area contributed by atoms with Gasteiger partial charge in [0.05, 0.1) is 5.70 Å². The van der Waals surface area contributed by atoms with Crippen LogP contribution in [0, 0.1) is 27.9 Å². The summed E-state index contributed by atoms with van der Waals surface area (Å²) in [5.41, 5.74) is 1.14. The summed E-state index contributed by atoms with van der Waals surface area (Å²) < 4.78 is 37.4. The van der Waals surface area contributed by atoms with Crippen LogP contribution in [0.2, 0.25) is 0 Å². The highest BCUT2D eigenvalue weighted by molar-refractivity contribution is 6.51. The van der Waals surface area contributed by atoms with Gasteiger partial charge in [0.15, 0.2) is 5.84 Å². The maximum Gasteiger partial charge on any atom is 0.268 e. The molecule has 3 aromatic rings. The summed E-state index contributed by atoms with van der Waals surface area (Å²) in [5.74, 6) is -1.91. The van der Waals surface area contributed by atoms with Gasteiger partial charge in [-0.05, 0) is 36.4 Å². The normalized spacial score (nSPS) is 14.6. The molecule has 4 rings (SSSR count). The third kappa shape index (κ3) is 5.15. The largest absolute Gasteiger partial charge is 0.416 e. The van der Waals surface area contributed by atoms with E-state index < -0.39 is 17.5 Å². The minimum Gasteiger partial charge on any atom is -0.416 e. The molecule has 0 saturated carbocycles. The fourth-order valence-electron chi connectivity index (χ4n) is 2.88. The fraction of sp³-hybridized carbons (Fsp3) is 0.0435. The van der Waals surface area contributed by atoms with Gasteiger partial charge in [-0.2, -0.15) is 9.98 Å². The lowest BCUT2D eigenvalue weighted by molar-refractivity contribution is 0.417. The van der Waals surface area contributed by atoms with E-state index in [2.05, 4.69) is 20.5 Å². The van der Waals surface area contributed by atoms with Crippen molar-refractivity contribution < 1.29 is 18.0 Å². The van der Waals surface area contributed by atoms with Crippen LogP contribution in [0.3, 0.4) is 0 Å². The molecule has 0 bridgehead atoms. The Morgan fingerprint density at radius 3 is 2.53 bits per heavy atom. The van der Waals surface area contributed by atoms with Crippen molar-refractivity contribution in [3.05, 3.63) is 95.4 Å². The summed E-state index contributed by atoms with van der Waals surface area (Å²) in [6.45, 7) is 0.100. The Morgan fingerprint density at radius 2 is 1.82 bits per heavy atom. The van der Waals surface area contributed by atoms with Crippen LogP contribution in [0.4, 0.5) is 8.78 Å². The van der Waals surface area contributed by atoms with Crippen LogP contribution in [-0.2, 0) is 11.3 Å². The van der Waals surface area contributed by atoms with E-state index >= 15 is 0 Å². The molecule has 34 heavy (non-hydrogen) atoms. The number of amidine groups is 2. The second-order valence-electron chi connectivity index (χ2n) is 6.94. The Kier molecular flexibility index (Phi) is 6.44. The van der Waals surface area contributed by atoms with E-state index in [0.717, 1.165) is 0 Å². The van der Waals surface area contributed by atoms with Gasteiger partial charge in [-0.1, -0.05) is 23.4 Å². The van der Waals surface area contributed by atoms with Gasteiger partial charge in [-0.15, -0.1) is 0 Å². The maximum atomic E-state index is 14.0. The minimum atomic E-state index is -0.510. The molecule has 0 atom stereocenters. The topological polar surface area (TPSA) is 144 Å².